The van der Waals surface area contributed by atoms with Crippen LogP contribution in [-0.2, 0) is 14.3 Å². The molecular formula is C17H20O3. The molecule has 3 heteroatoms. The van der Waals surface area contributed by atoms with E-state index in [2.05, 4.69) is 11.8 Å². The van der Waals surface area contributed by atoms with E-state index < -0.39 is 0 Å². The van der Waals surface area contributed by atoms with E-state index in [1.54, 1.807) is 0 Å². The number of carbonyl (C=O) groups is 1. The molecule has 1 atom stereocenters. The molecule has 1 fully saturated rings. The van der Waals surface area contributed by atoms with Crippen molar-refractivity contribution in [3.63, 3.8) is 0 Å². The molecule has 1 aromatic rings. The van der Waals surface area contributed by atoms with E-state index >= 15 is 0 Å². The molecule has 0 spiro atoms. The maximum Gasteiger partial charge on any atom is 0.205 e. The van der Waals surface area contributed by atoms with Crippen molar-refractivity contribution in [2.24, 2.45) is 0 Å². The average molecular weight is 272 g/mol. The fourth-order valence-corrected chi connectivity index (χ4v) is 2.02. The standard InChI is InChI=1S/C17H20O3/c18-16(12-11-15-7-2-1-3-8-15)9-6-14-20-17-10-4-5-13-19-17/h1-3,7-8,17H,4-6,9-10,13-14H2. The molecule has 3 nitrogen and oxygen atoms in total. The van der Waals surface area contributed by atoms with Crippen molar-refractivity contribution in [3.05, 3.63) is 35.9 Å². The Morgan fingerprint density at radius 1 is 1.30 bits per heavy atom. The first-order valence-electron chi connectivity index (χ1n) is 7.18. The van der Waals surface area contributed by atoms with Gasteiger partial charge in [-0.3, -0.25) is 4.79 Å². The fourth-order valence-electron chi connectivity index (χ4n) is 2.02. The Kier molecular flexibility index (Phi) is 6.30. The van der Waals surface area contributed by atoms with Gasteiger partial charge in [0.05, 0.1) is 6.61 Å². The number of rotatable bonds is 5. The zero-order chi connectivity index (χ0) is 14.0. The normalized spacial score (nSPS) is 18.1. The number of hydrogen-bond acceptors (Lipinski definition) is 3. The maximum atomic E-state index is 11.6. The van der Waals surface area contributed by atoms with Crippen LogP contribution in [0.15, 0.2) is 30.3 Å². The van der Waals surface area contributed by atoms with Crippen LogP contribution in [0.4, 0.5) is 0 Å². The van der Waals surface area contributed by atoms with Crippen LogP contribution >= 0.6 is 0 Å². The lowest BCUT2D eigenvalue weighted by Gasteiger charge is -2.22. The van der Waals surface area contributed by atoms with Gasteiger partial charge in [0, 0.05) is 18.6 Å². The quantitative estimate of drug-likeness (QED) is 0.610. The molecule has 0 aliphatic carbocycles. The van der Waals surface area contributed by atoms with Gasteiger partial charge in [-0.05, 0) is 43.7 Å². The first-order chi connectivity index (χ1) is 9.84. The highest BCUT2D eigenvalue weighted by atomic mass is 16.7. The third kappa shape index (κ3) is 5.56. The number of ketones is 1. The summed E-state index contributed by atoms with van der Waals surface area (Å²) in [5, 5.41) is 0. The van der Waals surface area contributed by atoms with Crippen molar-refractivity contribution in [1.29, 1.82) is 0 Å². The minimum absolute atomic E-state index is 0.0398. The second-order valence-corrected chi connectivity index (χ2v) is 4.81. The van der Waals surface area contributed by atoms with Crippen molar-refractivity contribution in [1.82, 2.24) is 0 Å². The Hall–Kier alpha value is -1.63. The molecule has 0 saturated carbocycles. The molecule has 1 aliphatic heterocycles. The largest absolute Gasteiger partial charge is 0.353 e. The van der Waals surface area contributed by atoms with Crippen LogP contribution in [-0.4, -0.2) is 25.3 Å². The molecule has 0 N–H and O–H groups in total. The lowest BCUT2D eigenvalue weighted by Crippen LogP contribution is -2.22. The lowest BCUT2D eigenvalue weighted by molar-refractivity contribution is -0.163. The molecule has 0 amide bonds. The van der Waals surface area contributed by atoms with E-state index in [1.807, 2.05) is 30.3 Å². The molecule has 20 heavy (non-hydrogen) atoms. The summed E-state index contributed by atoms with van der Waals surface area (Å²) in [7, 11) is 0. The smallest absolute Gasteiger partial charge is 0.205 e. The third-order valence-corrected chi connectivity index (χ3v) is 3.11. The molecule has 106 valence electrons. The van der Waals surface area contributed by atoms with Crippen LogP contribution in [0, 0.1) is 11.8 Å². The third-order valence-electron chi connectivity index (χ3n) is 3.11. The van der Waals surface area contributed by atoms with Gasteiger partial charge < -0.3 is 9.47 Å². The monoisotopic (exact) mass is 272 g/mol. The van der Waals surface area contributed by atoms with Crippen LogP contribution in [0.2, 0.25) is 0 Å². The summed E-state index contributed by atoms with van der Waals surface area (Å²) >= 11 is 0. The molecule has 0 aromatic heterocycles. The van der Waals surface area contributed by atoms with E-state index in [9.17, 15) is 4.79 Å². The number of Topliss-reactive ketones (excluding diaryl/α,β-unsaturated/α-hetero) is 1. The minimum Gasteiger partial charge on any atom is -0.353 e. The van der Waals surface area contributed by atoms with E-state index in [4.69, 9.17) is 9.47 Å². The van der Waals surface area contributed by atoms with E-state index in [0.29, 0.717) is 19.4 Å². The van der Waals surface area contributed by atoms with Crippen molar-refractivity contribution in [2.45, 2.75) is 38.4 Å². The van der Waals surface area contributed by atoms with Gasteiger partial charge in [0.15, 0.2) is 6.29 Å². The fraction of sp³-hybridized carbons (Fsp3) is 0.471. The summed E-state index contributed by atoms with van der Waals surface area (Å²) in [4.78, 5) is 11.6. The van der Waals surface area contributed by atoms with Gasteiger partial charge in [0.1, 0.15) is 0 Å². The highest BCUT2D eigenvalue weighted by Crippen LogP contribution is 2.13. The summed E-state index contributed by atoms with van der Waals surface area (Å²) in [5.74, 6) is 5.49. The Morgan fingerprint density at radius 3 is 2.90 bits per heavy atom. The molecule has 0 bridgehead atoms. The Morgan fingerprint density at radius 2 is 2.15 bits per heavy atom. The van der Waals surface area contributed by atoms with Crippen LogP contribution in [0.1, 0.15) is 37.7 Å². The topological polar surface area (TPSA) is 35.5 Å². The predicted octanol–water partition coefficient (Wildman–Crippen LogP) is 2.93. The summed E-state index contributed by atoms with van der Waals surface area (Å²) in [6.07, 6.45) is 4.30. The Bertz CT molecular complexity index is 464. The molecule has 1 unspecified atom stereocenters. The van der Waals surface area contributed by atoms with Gasteiger partial charge >= 0.3 is 0 Å². The van der Waals surface area contributed by atoms with Crippen molar-refractivity contribution < 1.29 is 14.3 Å². The first kappa shape index (κ1) is 14.8. The highest BCUT2D eigenvalue weighted by molar-refractivity contribution is 5.95. The number of hydrogen-bond donors (Lipinski definition) is 0. The Balaban J connectivity index is 1.62. The van der Waals surface area contributed by atoms with Gasteiger partial charge in [-0.1, -0.05) is 24.1 Å². The molecule has 1 aliphatic rings. The van der Waals surface area contributed by atoms with Gasteiger partial charge in [-0.25, -0.2) is 0 Å². The molecule has 2 rings (SSSR count). The number of carbonyl (C=O) groups excluding carboxylic acids is 1. The zero-order valence-corrected chi connectivity index (χ0v) is 11.6. The SMILES string of the molecule is O=C(C#Cc1ccccc1)CCCOC1CCCCO1. The summed E-state index contributed by atoms with van der Waals surface area (Å²) in [6.45, 7) is 1.34. The van der Waals surface area contributed by atoms with Gasteiger partial charge in [0.25, 0.3) is 0 Å². The van der Waals surface area contributed by atoms with E-state index in [-0.39, 0.29) is 12.1 Å². The molecule has 1 aromatic carbocycles. The van der Waals surface area contributed by atoms with E-state index in [0.717, 1.165) is 31.4 Å². The van der Waals surface area contributed by atoms with Crippen LogP contribution in [0.3, 0.4) is 0 Å². The van der Waals surface area contributed by atoms with Crippen molar-refractivity contribution in [3.8, 4) is 11.8 Å². The molecule has 1 saturated heterocycles. The first-order valence-corrected chi connectivity index (χ1v) is 7.18. The average Bonchev–Trinajstić information content (AvgIpc) is 2.52. The second kappa shape index (κ2) is 8.52. The van der Waals surface area contributed by atoms with Gasteiger partial charge in [-0.2, -0.15) is 0 Å². The minimum atomic E-state index is -0.0748. The summed E-state index contributed by atoms with van der Waals surface area (Å²) in [6, 6.07) is 9.53. The predicted molar refractivity (Wildman–Crippen MR) is 77.1 cm³/mol. The zero-order valence-electron chi connectivity index (χ0n) is 11.6. The highest BCUT2D eigenvalue weighted by Gasteiger charge is 2.13. The molecular weight excluding hydrogens is 252 g/mol. The van der Waals surface area contributed by atoms with Crippen LogP contribution in [0.5, 0.6) is 0 Å². The van der Waals surface area contributed by atoms with Crippen LogP contribution in [0.25, 0.3) is 0 Å². The lowest BCUT2D eigenvalue weighted by atomic mass is 10.2. The summed E-state index contributed by atoms with van der Waals surface area (Å²) in [5.41, 5.74) is 0.868. The molecule has 0 radical (unpaired) electrons. The van der Waals surface area contributed by atoms with Gasteiger partial charge in [-0.15, -0.1) is 0 Å². The Labute approximate surface area is 120 Å². The molecule has 1 heterocycles. The maximum absolute atomic E-state index is 11.6. The van der Waals surface area contributed by atoms with Crippen molar-refractivity contribution in [2.75, 3.05) is 13.2 Å². The number of ether oxygens (including phenoxy) is 2. The summed E-state index contributed by atoms with van der Waals surface area (Å²) < 4.78 is 11.0. The second-order valence-electron chi connectivity index (χ2n) is 4.81. The van der Waals surface area contributed by atoms with Crippen molar-refractivity contribution >= 4 is 5.78 Å². The van der Waals surface area contributed by atoms with E-state index in [1.165, 1.54) is 0 Å². The van der Waals surface area contributed by atoms with Gasteiger partial charge in [0.2, 0.25) is 5.78 Å². The van der Waals surface area contributed by atoms with Crippen LogP contribution < -0.4 is 0 Å². The number of benzene rings is 1.